The normalized spacial score (nSPS) is 18.4. The van der Waals surface area contributed by atoms with Gasteiger partial charge in [-0.1, -0.05) is 29.8 Å². The maximum atomic E-state index is 12.6. The van der Waals surface area contributed by atoms with E-state index in [2.05, 4.69) is 16.3 Å². The van der Waals surface area contributed by atoms with Crippen molar-refractivity contribution in [2.75, 3.05) is 13.1 Å². The molecule has 1 amide bonds. The van der Waals surface area contributed by atoms with Crippen LogP contribution in [-0.4, -0.2) is 34.9 Å². The second-order valence-corrected chi connectivity index (χ2v) is 8.18. The lowest BCUT2D eigenvalue weighted by atomic mass is 9.89. The van der Waals surface area contributed by atoms with Crippen molar-refractivity contribution in [2.24, 2.45) is 0 Å². The largest absolute Gasteiger partial charge is 0.349 e. The van der Waals surface area contributed by atoms with Crippen molar-refractivity contribution in [1.29, 1.82) is 0 Å². The van der Waals surface area contributed by atoms with Crippen LogP contribution in [0.3, 0.4) is 0 Å². The third kappa shape index (κ3) is 4.50. The highest BCUT2D eigenvalue weighted by molar-refractivity contribution is 6.31. The fourth-order valence-corrected chi connectivity index (χ4v) is 4.00. The number of nitrogens with zero attached hydrogens (tertiary/aromatic N) is 2. The van der Waals surface area contributed by atoms with Crippen LogP contribution in [0.5, 0.6) is 0 Å². The summed E-state index contributed by atoms with van der Waals surface area (Å²) in [6, 6.07) is 12.3. The summed E-state index contributed by atoms with van der Waals surface area (Å²) in [5.74, 6) is 0.380. The van der Waals surface area contributed by atoms with Crippen molar-refractivity contribution in [3.8, 4) is 0 Å². The Morgan fingerprint density at radius 1 is 1.15 bits per heavy atom. The van der Waals surface area contributed by atoms with Crippen LogP contribution >= 0.6 is 11.6 Å². The fraction of sp³-hybridized carbons (Fsp3) is 0.455. The summed E-state index contributed by atoms with van der Waals surface area (Å²) >= 11 is 6.31. The summed E-state index contributed by atoms with van der Waals surface area (Å²) in [5.41, 5.74) is 3.89. The van der Waals surface area contributed by atoms with Crippen molar-refractivity contribution in [1.82, 2.24) is 15.2 Å². The molecular weight excluding hydrogens is 358 g/mol. The number of rotatable bonds is 5. The Balaban J connectivity index is 1.44. The van der Waals surface area contributed by atoms with Crippen molar-refractivity contribution in [3.05, 3.63) is 63.9 Å². The summed E-state index contributed by atoms with van der Waals surface area (Å²) in [7, 11) is 0. The Morgan fingerprint density at radius 2 is 1.89 bits per heavy atom. The highest BCUT2D eigenvalue weighted by Crippen LogP contribution is 2.31. The van der Waals surface area contributed by atoms with Crippen LogP contribution in [0.4, 0.5) is 0 Å². The predicted octanol–water partition coefficient (Wildman–Crippen LogP) is 4.32. The first-order chi connectivity index (χ1) is 13.1. The van der Waals surface area contributed by atoms with Crippen molar-refractivity contribution >= 4 is 17.5 Å². The first-order valence-corrected chi connectivity index (χ1v) is 10.2. The number of piperidine rings is 1. The highest BCUT2D eigenvalue weighted by atomic mass is 35.5. The second-order valence-electron chi connectivity index (χ2n) is 7.78. The molecule has 0 spiro atoms. The Hall–Kier alpha value is -1.91. The number of aryl methyl sites for hydroxylation is 1. The Morgan fingerprint density at radius 3 is 2.59 bits per heavy atom. The molecule has 27 heavy (non-hydrogen) atoms. The molecule has 2 fully saturated rings. The summed E-state index contributed by atoms with van der Waals surface area (Å²) in [6.45, 7) is 4.87. The molecule has 0 unspecified atom stereocenters. The van der Waals surface area contributed by atoms with Gasteiger partial charge in [0.15, 0.2) is 0 Å². The minimum Gasteiger partial charge on any atom is -0.349 e. The first kappa shape index (κ1) is 18.5. The van der Waals surface area contributed by atoms with Gasteiger partial charge in [-0.2, -0.15) is 0 Å². The van der Waals surface area contributed by atoms with Gasteiger partial charge in [0.1, 0.15) is 0 Å². The molecule has 2 heterocycles. The van der Waals surface area contributed by atoms with Crippen LogP contribution in [0.1, 0.15) is 58.9 Å². The van der Waals surface area contributed by atoms with Gasteiger partial charge in [0.25, 0.3) is 5.91 Å². The van der Waals surface area contributed by atoms with Crippen LogP contribution in [0.2, 0.25) is 5.02 Å². The number of aromatic nitrogens is 1. The predicted molar refractivity (Wildman–Crippen MR) is 108 cm³/mol. The van der Waals surface area contributed by atoms with Gasteiger partial charge < -0.3 is 5.32 Å². The van der Waals surface area contributed by atoms with E-state index in [0.29, 0.717) is 12.0 Å². The van der Waals surface area contributed by atoms with E-state index in [-0.39, 0.29) is 5.91 Å². The summed E-state index contributed by atoms with van der Waals surface area (Å²) < 4.78 is 0. The fourth-order valence-electron chi connectivity index (χ4n) is 3.80. The molecule has 1 N–H and O–H groups in total. The Labute approximate surface area is 165 Å². The third-order valence-electron chi connectivity index (χ3n) is 5.55. The minimum absolute atomic E-state index is 0.0403. The molecule has 2 aromatic rings. The van der Waals surface area contributed by atoms with E-state index < -0.39 is 0 Å². The molecule has 1 saturated carbocycles. The average molecular weight is 384 g/mol. The zero-order valence-electron chi connectivity index (χ0n) is 15.7. The zero-order valence-corrected chi connectivity index (χ0v) is 16.5. The van der Waals surface area contributed by atoms with Gasteiger partial charge in [0, 0.05) is 29.2 Å². The van der Waals surface area contributed by atoms with Crippen LogP contribution in [-0.2, 0) is 6.54 Å². The lowest BCUT2D eigenvalue weighted by Gasteiger charge is -2.32. The summed E-state index contributed by atoms with van der Waals surface area (Å²) in [6.07, 6.45) is 4.23. The van der Waals surface area contributed by atoms with Crippen LogP contribution in [0.25, 0.3) is 0 Å². The molecule has 0 bridgehead atoms. The molecule has 0 atom stereocenters. The third-order valence-corrected chi connectivity index (χ3v) is 5.92. The molecule has 5 heteroatoms. The van der Waals surface area contributed by atoms with Gasteiger partial charge in [-0.05, 0) is 69.5 Å². The number of halogens is 1. The highest BCUT2D eigenvalue weighted by Gasteiger charge is 2.29. The van der Waals surface area contributed by atoms with E-state index in [0.717, 1.165) is 67.3 Å². The van der Waals surface area contributed by atoms with Crippen molar-refractivity contribution in [2.45, 2.75) is 51.1 Å². The number of amides is 1. The second kappa shape index (κ2) is 7.99. The van der Waals surface area contributed by atoms with Crippen LogP contribution in [0, 0.1) is 6.92 Å². The van der Waals surface area contributed by atoms with Gasteiger partial charge in [0.05, 0.1) is 11.3 Å². The summed E-state index contributed by atoms with van der Waals surface area (Å²) in [4.78, 5) is 19.8. The van der Waals surface area contributed by atoms with Gasteiger partial charge in [-0.15, -0.1) is 0 Å². The van der Waals surface area contributed by atoms with E-state index in [1.54, 1.807) is 0 Å². The maximum Gasteiger partial charge on any atom is 0.253 e. The number of hydrogen-bond acceptors (Lipinski definition) is 3. The molecule has 0 radical (unpaired) electrons. The number of likely N-dealkylation sites (tertiary alicyclic amines) is 1. The van der Waals surface area contributed by atoms with E-state index in [9.17, 15) is 4.79 Å². The average Bonchev–Trinajstić information content (AvgIpc) is 3.48. The molecule has 4 rings (SSSR count). The van der Waals surface area contributed by atoms with Gasteiger partial charge in [-0.25, -0.2) is 0 Å². The van der Waals surface area contributed by atoms with E-state index in [4.69, 9.17) is 16.6 Å². The molecule has 4 nitrogen and oxygen atoms in total. The molecule has 1 aromatic carbocycles. The molecule has 2 aliphatic rings. The monoisotopic (exact) mass is 383 g/mol. The van der Waals surface area contributed by atoms with Crippen molar-refractivity contribution in [3.63, 3.8) is 0 Å². The number of carbonyl (C=O) groups is 1. The lowest BCUT2D eigenvalue weighted by molar-refractivity contribution is 0.0948. The molecular formula is C22H26ClN3O. The quantitative estimate of drug-likeness (QED) is 0.836. The van der Waals surface area contributed by atoms with Gasteiger partial charge in [-0.3, -0.25) is 14.7 Å². The number of pyridine rings is 1. The van der Waals surface area contributed by atoms with Gasteiger partial charge in [0.2, 0.25) is 0 Å². The van der Waals surface area contributed by atoms with Crippen LogP contribution in [0.15, 0.2) is 36.4 Å². The van der Waals surface area contributed by atoms with E-state index in [1.807, 2.05) is 37.3 Å². The molecule has 1 aliphatic heterocycles. The standard InChI is InChI=1S/C22H26ClN3O/c1-15-6-9-19(22(27)25-18-7-8-18)21(24-15)16-10-12-26(13-11-16)14-17-4-2-3-5-20(17)23/h2-6,9,16,18H,7-8,10-14H2,1H3,(H,25,27). The molecule has 1 saturated heterocycles. The topological polar surface area (TPSA) is 45.2 Å². The number of hydrogen-bond donors (Lipinski definition) is 1. The van der Waals surface area contributed by atoms with E-state index >= 15 is 0 Å². The Bertz CT molecular complexity index is 826. The smallest absolute Gasteiger partial charge is 0.253 e. The van der Waals surface area contributed by atoms with Crippen molar-refractivity contribution < 1.29 is 4.79 Å². The summed E-state index contributed by atoms with van der Waals surface area (Å²) in [5, 5.41) is 3.95. The Kier molecular flexibility index (Phi) is 5.46. The zero-order chi connectivity index (χ0) is 18.8. The first-order valence-electron chi connectivity index (χ1n) is 9.84. The number of nitrogens with one attached hydrogen (secondary N) is 1. The molecule has 1 aromatic heterocycles. The minimum atomic E-state index is 0.0403. The van der Waals surface area contributed by atoms with Crippen LogP contribution < -0.4 is 5.32 Å². The SMILES string of the molecule is Cc1ccc(C(=O)NC2CC2)c(C2CCN(Cc3ccccc3Cl)CC2)n1. The van der Waals surface area contributed by atoms with Gasteiger partial charge >= 0.3 is 0 Å². The number of benzene rings is 1. The lowest BCUT2D eigenvalue weighted by Crippen LogP contribution is -2.34. The van der Waals surface area contributed by atoms with E-state index in [1.165, 1.54) is 5.56 Å². The maximum absolute atomic E-state index is 12.6. The number of carbonyl (C=O) groups excluding carboxylic acids is 1. The molecule has 1 aliphatic carbocycles. The molecule has 142 valence electrons.